The third kappa shape index (κ3) is 4.79. The van der Waals surface area contributed by atoms with Gasteiger partial charge in [-0.15, -0.1) is 11.8 Å². The van der Waals surface area contributed by atoms with Crippen molar-refractivity contribution in [2.75, 3.05) is 23.7 Å². The first-order valence-electron chi connectivity index (χ1n) is 8.46. The molecule has 1 aliphatic heterocycles. The fourth-order valence-electron chi connectivity index (χ4n) is 3.04. The molecule has 0 amide bonds. The fraction of sp³-hybridized carbons (Fsp3) is 0.316. The lowest BCUT2D eigenvalue weighted by atomic mass is 9.98. The molecule has 1 fully saturated rings. The number of piperidine rings is 1. The summed E-state index contributed by atoms with van der Waals surface area (Å²) in [6.45, 7) is 1.93. The molecule has 0 bridgehead atoms. The lowest BCUT2D eigenvalue weighted by Crippen LogP contribution is -2.34. The van der Waals surface area contributed by atoms with E-state index < -0.39 is 10.0 Å². The number of nitriles is 1. The van der Waals surface area contributed by atoms with Gasteiger partial charge in [-0.05, 0) is 67.3 Å². The highest BCUT2D eigenvalue weighted by molar-refractivity contribution is 7.99. The van der Waals surface area contributed by atoms with Gasteiger partial charge in [-0.25, -0.2) is 13.6 Å². The first-order chi connectivity index (χ1) is 12.5. The van der Waals surface area contributed by atoms with E-state index >= 15 is 0 Å². The second-order valence-corrected chi connectivity index (χ2v) is 9.07. The van der Waals surface area contributed by atoms with Crippen molar-refractivity contribution in [3.63, 3.8) is 0 Å². The molecule has 2 aromatic rings. The molecule has 0 aromatic heterocycles. The van der Waals surface area contributed by atoms with Crippen LogP contribution in [0, 0.1) is 17.2 Å². The fourth-order valence-corrected chi connectivity index (χ4v) is 4.65. The van der Waals surface area contributed by atoms with E-state index in [1.807, 2.05) is 48.2 Å². The number of sulfonamides is 1. The van der Waals surface area contributed by atoms with Crippen molar-refractivity contribution < 1.29 is 8.42 Å². The molecule has 2 aromatic carbocycles. The molecule has 1 saturated heterocycles. The number of hydrogen-bond donors (Lipinski definition) is 1. The molecule has 1 heterocycles. The molecular formula is C19H21N3O2S2. The largest absolute Gasteiger partial charge is 0.372 e. The van der Waals surface area contributed by atoms with Gasteiger partial charge in [0.2, 0.25) is 10.0 Å². The maximum atomic E-state index is 11.3. The van der Waals surface area contributed by atoms with Crippen LogP contribution in [0.15, 0.2) is 58.3 Å². The zero-order valence-electron chi connectivity index (χ0n) is 14.3. The smallest absolute Gasteiger partial charge is 0.238 e. The molecule has 136 valence electrons. The molecule has 2 N–H and O–H groups in total. The van der Waals surface area contributed by atoms with E-state index in [9.17, 15) is 8.42 Å². The Morgan fingerprint density at radius 2 is 1.69 bits per heavy atom. The van der Waals surface area contributed by atoms with Gasteiger partial charge < -0.3 is 4.90 Å². The zero-order chi connectivity index (χ0) is 18.6. The molecule has 5 nitrogen and oxygen atoms in total. The van der Waals surface area contributed by atoms with Gasteiger partial charge in [0.05, 0.1) is 16.5 Å². The molecular weight excluding hydrogens is 366 g/mol. The normalized spacial score (nSPS) is 15.6. The summed E-state index contributed by atoms with van der Waals surface area (Å²) < 4.78 is 22.7. The quantitative estimate of drug-likeness (QED) is 0.796. The predicted octanol–water partition coefficient (Wildman–Crippen LogP) is 3.21. The van der Waals surface area contributed by atoms with Crippen LogP contribution in [-0.4, -0.2) is 27.3 Å². The summed E-state index contributed by atoms with van der Waals surface area (Å²) >= 11 is 1.84. The minimum Gasteiger partial charge on any atom is -0.372 e. The Balaban J connectivity index is 1.50. The number of hydrogen-bond acceptors (Lipinski definition) is 5. The van der Waals surface area contributed by atoms with Crippen LogP contribution < -0.4 is 10.0 Å². The number of anilines is 1. The average Bonchev–Trinajstić information content (AvgIpc) is 2.66. The molecule has 0 spiro atoms. The van der Waals surface area contributed by atoms with Crippen LogP contribution in [0.3, 0.4) is 0 Å². The number of benzene rings is 2. The van der Waals surface area contributed by atoms with Crippen molar-refractivity contribution in [2.24, 2.45) is 11.1 Å². The first kappa shape index (κ1) is 18.8. The van der Waals surface area contributed by atoms with Gasteiger partial charge in [-0.3, -0.25) is 0 Å². The van der Waals surface area contributed by atoms with E-state index in [0.29, 0.717) is 11.5 Å². The van der Waals surface area contributed by atoms with Crippen molar-refractivity contribution in [1.82, 2.24) is 0 Å². The molecule has 0 aliphatic carbocycles. The van der Waals surface area contributed by atoms with Gasteiger partial charge in [0, 0.05) is 29.4 Å². The van der Waals surface area contributed by atoms with Crippen molar-refractivity contribution in [1.29, 1.82) is 5.26 Å². The van der Waals surface area contributed by atoms with Crippen molar-refractivity contribution >= 4 is 27.5 Å². The highest BCUT2D eigenvalue weighted by atomic mass is 32.2. The van der Waals surface area contributed by atoms with Crippen molar-refractivity contribution in [2.45, 2.75) is 22.6 Å². The number of thioether (sulfide) groups is 1. The Kier molecular flexibility index (Phi) is 5.87. The van der Waals surface area contributed by atoms with Crippen LogP contribution >= 0.6 is 11.8 Å². The standard InChI is InChI=1S/C19H21N3O2S2/c20-13-15-1-5-18(6-2-15)25-14-16-9-11-22(12-10-16)17-3-7-19(8-4-17)26(21,23)24/h1-8,16H,9-12,14H2,(H2,21,23,24). The molecule has 0 atom stereocenters. The summed E-state index contributed by atoms with van der Waals surface area (Å²) in [5.74, 6) is 1.74. The van der Waals surface area contributed by atoms with Gasteiger partial charge in [0.25, 0.3) is 0 Å². The maximum Gasteiger partial charge on any atom is 0.238 e. The SMILES string of the molecule is N#Cc1ccc(SCC2CCN(c3ccc(S(N)(=O)=O)cc3)CC2)cc1. The van der Waals surface area contributed by atoms with Crippen LogP contribution in [0.2, 0.25) is 0 Å². The van der Waals surface area contributed by atoms with Crippen LogP contribution in [-0.2, 0) is 10.0 Å². The molecule has 3 rings (SSSR count). The number of primary sulfonamides is 1. The summed E-state index contributed by atoms with van der Waals surface area (Å²) in [6.07, 6.45) is 2.22. The Morgan fingerprint density at radius 1 is 1.08 bits per heavy atom. The van der Waals surface area contributed by atoms with Crippen LogP contribution in [0.4, 0.5) is 5.69 Å². The Hall–Kier alpha value is -2.01. The lowest BCUT2D eigenvalue weighted by Gasteiger charge is -2.33. The number of nitrogens with zero attached hydrogens (tertiary/aromatic N) is 2. The number of nitrogens with two attached hydrogens (primary N) is 1. The van der Waals surface area contributed by atoms with Gasteiger partial charge in [-0.1, -0.05) is 0 Å². The molecule has 1 aliphatic rings. The van der Waals surface area contributed by atoms with Crippen molar-refractivity contribution in [3.05, 3.63) is 54.1 Å². The minimum atomic E-state index is -3.64. The van der Waals surface area contributed by atoms with Gasteiger partial charge in [0.15, 0.2) is 0 Å². The van der Waals surface area contributed by atoms with Crippen LogP contribution in [0.25, 0.3) is 0 Å². The van der Waals surface area contributed by atoms with Crippen molar-refractivity contribution in [3.8, 4) is 6.07 Å². The monoisotopic (exact) mass is 387 g/mol. The Bertz CT molecular complexity index is 880. The van der Waals surface area contributed by atoms with E-state index in [2.05, 4.69) is 11.0 Å². The average molecular weight is 388 g/mol. The maximum absolute atomic E-state index is 11.3. The summed E-state index contributed by atoms with van der Waals surface area (Å²) in [7, 11) is -3.64. The third-order valence-corrected chi connectivity index (χ3v) is 6.79. The van der Waals surface area contributed by atoms with Gasteiger partial charge >= 0.3 is 0 Å². The highest BCUT2D eigenvalue weighted by Crippen LogP contribution is 2.29. The second kappa shape index (κ2) is 8.12. The topological polar surface area (TPSA) is 87.2 Å². The summed E-state index contributed by atoms with van der Waals surface area (Å²) in [6, 6.07) is 16.6. The summed E-state index contributed by atoms with van der Waals surface area (Å²) in [5.41, 5.74) is 1.73. The van der Waals surface area contributed by atoms with Crippen LogP contribution in [0.1, 0.15) is 18.4 Å². The van der Waals surface area contributed by atoms with E-state index in [-0.39, 0.29) is 4.90 Å². The lowest BCUT2D eigenvalue weighted by molar-refractivity contribution is 0.445. The molecule has 7 heteroatoms. The minimum absolute atomic E-state index is 0.148. The third-order valence-electron chi connectivity index (χ3n) is 4.61. The molecule has 26 heavy (non-hydrogen) atoms. The van der Waals surface area contributed by atoms with E-state index in [1.165, 1.54) is 4.90 Å². The highest BCUT2D eigenvalue weighted by Gasteiger charge is 2.20. The summed E-state index contributed by atoms with van der Waals surface area (Å²) in [5, 5.41) is 14.0. The van der Waals surface area contributed by atoms with E-state index in [4.69, 9.17) is 10.4 Å². The van der Waals surface area contributed by atoms with Crippen LogP contribution in [0.5, 0.6) is 0 Å². The number of rotatable bonds is 5. The first-order valence-corrected chi connectivity index (χ1v) is 11.0. The molecule has 0 radical (unpaired) electrons. The zero-order valence-corrected chi connectivity index (χ0v) is 16.0. The molecule has 0 saturated carbocycles. The van der Waals surface area contributed by atoms with Gasteiger partial charge in [0.1, 0.15) is 0 Å². The van der Waals surface area contributed by atoms with Gasteiger partial charge in [-0.2, -0.15) is 5.26 Å². The summed E-state index contributed by atoms with van der Waals surface area (Å²) in [4.78, 5) is 3.63. The Morgan fingerprint density at radius 3 is 2.23 bits per heavy atom. The van der Waals surface area contributed by atoms with E-state index in [0.717, 1.165) is 37.4 Å². The van der Waals surface area contributed by atoms with E-state index in [1.54, 1.807) is 12.1 Å². The predicted molar refractivity (Wildman–Crippen MR) is 105 cm³/mol. The second-order valence-electron chi connectivity index (χ2n) is 6.42. The Labute approximate surface area is 158 Å². The molecule has 0 unspecified atom stereocenters.